The van der Waals surface area contributed by atoms with Crippen molar-refractivity contribution in [1.82, 2.24) is 15.3 Å². The van der Waals surface area contributed by atoms with Crippen molar-refractivity contribution in [2.24, 2.45) is 0 Å². The van der Waals surface area contributed by atoms with Crippen LogP contribution in [-0.2, 0) is 0 Å². The molecule has 1 heterocycles. The monoisotopic (exact) mass is 299 g/mol. The minimum Gasteiger partial charge on any atom is -0.344 e. The summed E-state index contributed by atoms with van der Waals surface area (Å²) in [6, 6.07) is 0. The zero-order chi connectivity index (χ0) is 11.5. The zero-order valence-electron chi connectivity index (χ0n) is 7.18. The van der Waals surface area contributed by atoms with Gasteiger partial charge >= 0.3 is 4.83 Å². The van der Waals surface area contributed by atoms with Crippen LogP contribution in [0.3, 0.4) is 0 Å². The van der Waals surface area contributed by atoms with Crippen LogP contribution in [0.25, 0.3) is 0 Å². The van der Waals surface area contributed by atoms with E-state index < -0.39 is 17.3 Å². The second-order valence-corrected chi connectivity index (χ2v) is 4.07. The standard InChI is InChI=1S/C7H5BrClF2N3O/c8-7(10,11)3-13-6(15)4-1-12-2-5(9)14-4/h1-2H,3H2,(H,13,15). The Balaban J connectivity index is 2.62. The Bertz CT molecular complexity index is 371. The van der Waals surface area contributed by atoms with Crippen LogP contribution in [0.4, 0.5) is 8.78 Å². The summed E-state index contributed by atoms with van der Waals surface area (Å²) < 4.78 is 24.6. The summed E-state index contributed by atoms with van der Waals surface area (Å²) >= 11 is 7.55. The maximum absolute atomic E-state index is 12.3. The Morgan fingerprint density at radius 1 is 1.60 bits per heavy atom. The summed E-state index contributed by atoms with van der Waals surface area (Å²) in [7, 11) is 0. The molecule has 0 spiro atoms. The summed E-state index contributed by atoms with van der Waals surface area (Å²) in [5, 5.41) is 1.99. The Hall–Kier alpha value is -0.820. The van der Waals surface area contributed by atoms with Gasteiger partial charge in [0.15, 0.2) is 0 Å². The Morgan fingerprint density at radius 2 is 2.27 bits per heavy atom. The van der Waals surface area contributed by atoms with Gasteiger partial charge in [-0.05, 0) is 15.9 Å². The molecule has 0 fully saturated rings. The molecule has 1 amide bonds. The number of amides is 1. The van der Waals surface area contributed by atoms with Crippen LogP contribution >= 0.6 is 27.5 Å². The molecule has 0 unspecified atom stereocenters. The van der Waals surface area contributed by atoms with E-state index in [1.165, 1.54) is 6.20 Å². The number of halogens is 4. The van der Waals surface area contributed by atoms with Gasteiger partial charge in [0, 0.05) is 0 Å². The van der Waals surface area contributed by atoms with Gasteiger partial charge in [0.25, 0.3) is 5.91 Å². The van der Waals surface area contributed by atoms with Crippen molar-refractivity contribution >= 4 is 33.4 Å². The van der Waals surface area contributed by atoms with Gasteiger partial charge in [-0.3, -0.25) is 9.78 Å². The number of carbonyl (C=O) groups is 1. The lowest BCUT2D eigenvalue weighted by Crippen LogP contribution is -2.33. The molecule has 0 saturated heterocycles. The molecule has 1 N–H and O–H groups in total. The van der Waals surface area contributed by atoms with Gasteiger partial charge < -0.3 is 5.32 Å². The fraction of sp³-hybridized carbons (Fsp3) is 0.286. The average Bonchev–Trinajstić information content (AvgIpc) is 2.13. The summed E-state index contributed by atoms with van der Waals surface area (Å²) in [5.41, 5.74) is -0.112. The van der Waals surface area contributed by atoms with E-state index in [-0.39, 0.29) is 10.8 Å². The maximum Gasteiger partial charge on any atom is 0.318 e. The van der Waals surface area contributed by atoms with Crippen LogP contribution in [0, 0.1) is 0 Å². The van der Waals surface area contributed by atoms with Gasteiger partial charge in [-0.2, -0.15) is 8.78 Å². The smallest absolute Gasteiger partial charge is 0.318 e. The first-order valence-corrected chi connectivity index (χ1v) is 4.88. The van der Waals surface area contributed by atoms with E-state index in [0.29, 0.717) is 0 Å². The molecule has 1 aromatic rings. The predicted molar refractivity (Wildman–Crippen MR) is 53.2 cm³/mol. The molecule has 0 aromatic carbocycles. The molecule has 0 aliphatic carbocycles. The number of aromatic nitrogens is 2. The lowest BCUT2D eigenvalue weighted by Gasteiger charge is -2.08. The van der Waals surface area contributed by atoms with Gasteiger partial charge in [-0.15, -0.1) is 0 Å². The summed E-state index contributed by atoms with van der Waals surface area (Å²) in [5.74, 6) is -0.760. The summed E-state index contributed by atoms with van der Waals surface area (Å²) in [6.45, 7) is -0.833. The quantitative estimate of drug-likeness (QED) is 0.867. The number of alkyl halides is 3. The zero-order valence-corrected chi connectivity index (χ0v) is 9.52. The predicted octanol–water partition coefficient (Wildman–Crippen LogP) is 1.85. The molecule has 15 heavy (non-hydrogen) atoms. The first-order chi connectivity index (χ1) is 6.88. The van der Waals surface area contributed by atoms with Gasteiger partial charge in [0.05, 0.1) is 18.9 Å². The van der Waals surface area contributed by atoms with Gasteiger partial charge in [0.2, 0.25) is 0 Å². The number of nitrogens with zero attached hydrogens (tertiary/aromatic N) is 2. The number of carbonyl (C=O) groups excluding carboxylic acids is 1. The molecule has 0 aliphatic rings. The van der Waals surface area contributed by atoms with Crippen molar-refractivity contribution in [3.8, 4) is 0 Å². The Morgan fingerprint density at radius 3 is 2.80 bits per heavy atom. The third kappa shape index (κ3) is 4.48. The van der Waals surface area contributed by atoms with Crippen molar-refractivity contribution in [1.29, 1.82) is 0 Å². The first kappa shape index (κ1) is 12.3. The number of hydrogen-bond acceptors (Lipinski definition) is 3. The normalized spacial score (nSPS) is 11.2. The second kappa shape index (κ2) is 4.80. The molecule has 0 saturated carbocycles. The van der Waals surface area contributed by atoms with Crippen LogP contribution < -0.4 is 5.32 Å². The topological polar surface area (TPSA) is 54.9 Å². The molecule has 8 heteroatoms. The molecule has 1 aromatic heterocycles. The van der Waals surface area contributed by atoms with Crippen molar-refractivity contribution in [3.05, 3.63) is 23.2 Å². The number of hydrogen-bond donors (Lipinski definition) is 1. The van der Waals surface area contributed by atoms with Crippen LogP contribution in [0.5, 0.6) is 0 Å². The van der Waals surface area contributed by atoms with E-state index >= 15 is 0 Å². The average molecular weight is 300 g/mol. The third-order valence-corrected chi connectivity index (χ3v) is 1.75. The van der Waals surface area contributed by atoms with Crippen LogP contribution in [0.15, 0.2) is 12.4 Å². The molecule has 1 rings (SSSR count). The van der Waals surface area contributed by atoms with Gasteiger partial charge in [-0.1, -0.05) is 11.6 Å². The highest BCUT2D eigenvalue weighted by molar-refractivity contribution is 9.10. The fourth-order valence-corrected chi connectivity index (χ4v) is 1.01. The highest BCUT2D eigenvalue weighted by Crippen LogP contribution is 2.19. The lowest BCUT2D eigenvalue weighted by atomic mass is 10.4. The van der Waals surface area contributed by atoms with E-state index in [2.05, 4.69) is 25.9 Å². The Labute approximate surface area is 97.2 Å². The van der Waals surface area contributed by atoms with Gasteiger partial charge in [-0.25, -0.2) is 4.98 Å². The number of nitrogens with one attached hydrogen (secondary N) is 1. The van der Waals surface area contributed by atoms with Crippen molar-refractivity contribution in [2.75, 3.05) is 6.54 Å². The largest absolute Gasteiger partial charge is 0.344 e. The van der Waals surface area contributed by atoms with Gasteiger partial charge in [0.1, 0.15) is 10.8 Å². The first-order valence-electron chi connectivity index (χ1n) is 3.71. The molecular formula is C7H5BrClF2N3O. The minimum absolute atomic E-state index is 0.0215. The van der Waals surface area contributed by atoms with Crippen molar-refractivity contribution < 1.29 is 13.6 Å². The molecule has 0 atom stereocenters. The molecular weight excluding hydrogens is 295 g/mol. The van der Waals surface area contributed by atoms with Crippen LogP contribution in [0.1, 0.15) is 10.5 Å². The molecule has 0 bridgehead atoms. The summed E-state index contributed by atoms with van der Waals surface area (Å²) in [4.78, 5) is 15.3. The lowest BCUT2D eigenvalue weighted by molar-refractivity contribution is 0.0831. The highest BCUT2D eigenvalue weighted by Gasteiger charge is 2.25. The molecule has 0 aliphatic heterocycles. The SMILES string of the molecule is O=C(NCC(F)(F)Br)c1cncc(Cl)n1. The second-order valence-electron chi connectivity index (χ2n) is 2.52. The van der Waals surface area contributed by atoms with E-state index in [1.54, 1.807) is 0 Å². The number of rotatable bonds is 3. The molecule has 4 nitrogen and oxygen atoms in total. The highest BCUT2D eigenvalue weighted by atomic mass is 79.9. The maximum atomic E-state index is 12.3. The van der Waals surface area contributed by atoms with Crippen molar-refractivity contribution in [2.45, 2.75) is 4.83 Å². The van der Waals surface area contributed by atoms with E-state index in [1.807, 2.05) is 5.32 Å². The van der Waals surface area contributed by atoms with E-state index in [9.17, 15) is 13.6 Å². The van der Waals surface area contributed by atoms with Crippen LogP contribution in [-0.4, -0.2) is 27.3 Å². The van der Waals surface area contributed by atoms with E-state index in [0.717, 1.165) is 6.20 Å². The Kier molecular flexibility index (Phi) is 3.92. The molecule has 0 radical (unpaired) electrons. The summed E-state index contributed by atoms with van der Waals surface area (Å²) in [6.07, 6.45) is 2.37. The van der Waals surface area contributed by atoms with Crippen molar-refractivity contribution in [3.63, 3.8) is 0 Å². The molecule has 82 valence electrons. The van der Waals surface area contributed by atoms with E-state index in [4.69, 9.17) is 11.6 Å². The minimum atomic E-state index is -3.14. The third-order valence-electron chi connectivity index (χ3n) is 1.29. The van der Waals surface area contributed by atoms with Crippen LogP contribution in [0.2, 0.25) is 5.15 Å². The fourth-order valence-electron chi connectivity index (χ4n) is 0.723.